The molecule has 2 rings (SSSR count). The molecule has 106 valence electrons. The number of hydrogen-bond donors (Lipinski definition) is 1. The summed E-state index contributed by atoms with van der Waals surface area (Å²) >= 11 is 0. The highest BCUT2D eigenvalue weighted by molar-refractivity contribution is 5.51. The summed E-state index contributed by atoms with van der Waals surface area (Å²) < 4.78 is 16.4. The Bertz CT molecular complexity index is 552. The van der Waals surface area contributed by atoms with Crippen molar-refractivity contribution in [1.29, 1.82) is 0 Å². The maximum Gasteiger partial charge on any atom is 0.203 e. The second-order valence-corrected chi connectivity index (χ2v) is 4.30. The first-order chi connectivity index (χ1) is 9.78. The van der Waals surface area contributed by atoms with E-state index < -0.39 is 0 Å². The van der Waals surface area contributed by atoms with Crippen LogP contribution in [0.25, 0.3) is 0 Å². The van der Waals surface area contributed by atoms with Gasteiger partial charge < -0.3 is 19.9 Å². The van der Waals surface area contributed by atoms with Crippen LogP contribution in [0.3, 0.4) is 0 Å². The molecule has 0 atom stereocenters. The van der Waals surface area contributed by atoms with Crippen molar-refractivity contribution in [3.8, 4) is 17.2 Å². The quantitative estimate of drug-likeness (QED) is 0.879. The third-order valence-corrected chi connectivity index (χ3v) is 3.02. The number of rotatable bonds is 6. The first kappa shape index (κ1) is 14.2. The minimum absolute atomic E-state index is 0.467. The topological polar surface area (TPSA) is 53.7 Å². The molecule has 0 aliphatic heterocycles. The molecule has 0 saturated heterocycles. The van der Waals surface area contributed by atoms with Gasteiger partial charge in [0.1, 0.15) is 6.61 Å². The summed E-state index contributed by atoms with van der Waals surface area (Å²) in [4.78, 5) is 0. The summed E-state index contributed by atoms with van der Waals surface area (Å²) in [6.45, 7) is 1.01. The van der Waals surface area contributed by atoms with E-state index in [1.54, 1.807) is 14.2 Å². The van der Waals surface area contributed by atoms with E-state index in [1.165, 1.54) is 0 Å². The number of benzene rings is 2. The molecule has 0 fully saturated rings. The molecule has 0 unspecified atom stereocenters. The van der Waals surface area contributed by atoms with Gasteiger partial charge in [0.05, 0.1) is 14.2 Å². The lowest BCUT2D eigenvalue weighted by atomic mass is 10.1. The molecule has 20 heavy (non-hydrogen) atoms. The molecular formula is C16H19NO3. The minimum atomic E-state index is 0.467. The molecule has 0 aliphatic rings. The van der Waals surface area contributed by atoms with Crippen molar-refractivity contribution in [3.05, 3.63) is 53.6 Å². The number of para-hydroxylation sites is 1. The molecule has 0 heterocycles. The predicted octanol–water partition coefficient (Wildman–Crippen LogP) is 2.74. The van der Waals surface area contributed by atoms with E-state index in [0.29, 0.717) is 30.4 Å². The molecule has 2 N–H and O–H groups in total. The highest BCUT2D eigenvalue weighted by Gasteiger charge is 2.10. The van der Waals surface area contributed by atoms with Crippen molar-refractivity contribution in [1.82, 2.24) is 0 Å². The summed E-state index contributed by atoms with van der Waals surface area (Å²) in [5.41, 5.74) is 7.75. The molecule has 4 nitrogen and oxygen atoms in total. The van der Waals surface area contributed by atoms with Gasteiger partial charge in [-0.15, -0.1) is 0 Å². The lowest BCUT2D eigenvalue weighted by molar-refractivity contribution is 0.275. The maximum absolute atomic E-state index is 5.79. The summed E-state index contributed by atoms with van der Waals surface area (Å²) in [7, 11) is 3.20. The molecule has 4 heteroatoms. The van der Waals surface area contributed by atoms with Crippen LogP contribution in [0.4, 0.5) is 0 Å². The SMILES string of the molecule is COc1cccc(OCc2ccc(CN)cc2)c1OC. The maximum atomic E-state index is 5.79. The highest BCUT2D eigenvalue weighted by atomic mass is 16.5. The van der Waals surface area contributed by atoms with Gasteiger partial charge in [0, 0.05) is 6.54 Å². The Hall–Kier alpha value is -2.20. The predicted molar refractivity (Wildman–Crippen MR) is 78.2 cm³/mol. The number of nitrogens with two attached hydrogens (primary N) is 1. The van der Waals surface area contributed by atoms with Gasteiger partial charge in [0.2, 0.25) is 5.75 Å². The van der Waals surface area contributed by atoms with E-state index in [1.807, 2.05) is 42.5 Å². The van der Waals surface area contributed by atoms with Gasteiger partial charge in [-0.3, -0.25) is 0 Å². The largest absolute Gasteiger partial charge is 0.493 e. The zero-order valence-corrected chi connectivity index (χ0v) is 11.8. The van der Waals surface area contributed by atoms with Crippen molar-refractivity contribution < 1.29 is 14.2 Å². The molecular weight excluding hydrogens is 254 g/mol. The summed E-state index contributed by atoms with van der Waals surface area (Å²) in [6.07, 6.45) is 0. The molecule has 0 spiro atoms. The van der Waals surface area contributed by atoms with Crippen LogP contribution in [-0.4, -0.2) is 14.2 Å². The normalized spacial score (nSPS) is 10.2. The Morgan fingerprint density at radius 2 is 1.50 bits per heavy atom. The molecule has 2 aromatic carbocycles. The zero-order valence-electron chi connectivity index (χ0n) is 11.8. The van der Waals surface area contributed by atoms with Crippen LogP contribution in [0.5, 0.6) is 17.2 Å². The van der Waals surface area contributed by atoms with E-state index in [9.17, 15) is 0 Å². The molecule has 2 aromatic rings. The summed E-state index contributed by atoms with van der Waals surface area (Å²) in [5.74, 6) is 1.92. The lowest BCUT2D eigenvalue weighted by Crippen LogP contribution is -2.00. The fourth-order valence-electron chi connectivity index (χ4n) is 1.90. The van der Waals surface area contributed by atoms with Gasteiger partial charge in [-0.2, -0.15) is 0 Å². The first-order valence-electron chi connectivity index (χ1n) is 6.40. The third kappa shape index (κ3) is 3.22. The molecule has 0 bridgehead atoms. The highest BCUT2D eigenvalue weighted by Crippen LogP contribution is 2.36. The minimum Gasteiger partial charge on any atom is -0.493 e. The molecule has 0 radical (unpaired) electrons. The van der Waals surface area contributed by atoms with E-state index in [-0.39, 0.29) is 0 Å². The zero-order chi connectivity index (χ0) is 14.4. The Morgan fingerprint density at radius 1 is 0.850 bits per heavy atom. The number of methoxy groups -OCH3 is 2. The third-order valence-electron chi connectivity index (χ3n) is 3.02. The second kappa shape index (κ2) is 6.82. The van der Waals surface area contributed by atoms with Crippen LogP contribution in [0.1, 0.15) is 11.1 Å². The Morgan fingerprint density at radius 3 is 2.10 bits per heavy atom. The van der Waals surface area contributed by atoms with Gasteiger partial charge in [-0.05, 0) is 23.3 Å². The fraction of sp³-hybridized carbons (Fsp3) is 0.250. The average Bonchev–Trinajstić information content (AvgIpc) is 2.52. The van der Waals surface area contributed by atoms with E-state index in [2.05, 4.69) is 0 Å². The van der Waals surface area contributed by atoms with Gasteiger partial charge in [-0.25, -0.2) is 0 Å². The summed E-state index contributed by atoms with van der Waals surface area (Å²) in [6, 6.07) is 13.6. The number of ether oxygens (including phenoxy) is 3. The van der Waals surface area contributed by atoms with Crippen LogP contribution in [-0.2, 0) is 13.2 Å². The number of hydrogen-bond acceptors (Lipinski definition) is 4. The van der Waals surface area contributed by atoms with Crippen molar-refractivity contribution in [2.24, 2.45) is 5.73 Å². The average molecular weight is 273 g/mol. The summed E-state index contributed by atoms with van der Waals surface area (Å²) in [5, 5.41) is 0. The van der Waals surface area contributed by atoms with Crippen molar-refractivity contribution in [2.75, 3.05) is 14.2 Å². The smallest absolute Gasteiger partial charge is 0.203 e. The Kier molecular flexibility index (Phi) is 4.85. The van der Waals surface area contributed by atoms with Crippen LogP contribution < -0.4 is 19.9 Å². The second-order valence-electron chi connectivity index (χ2n) is 4.30. The molecule has 0 amide bonds. The van der Waals surface area contributed by atoms with E-state index in [4.69, 9.17) is 19.9 Å². The van der Waals surface area contributed by atoms with Crippen molar-refractivity contribution >= 4 is 0 Å². The van der Waals surface area contributed by atoms with E-state index >= 15 is 0 Å². The van der Waals surface area contributed by atoms with Crippen LogP contribution in [0.2, 0.25) is 0 Å². The fourth-order valence-corrected chi connectivity index (χ4v) is 1.90. The van der Waals surface area contributed by atoms with Crippen LogP contribution in [0, 0.1) is 0 Å². The van der Waals surface area contributed by atoms with Crippen LogP contribution >= 0.6 is 0 Å². The first-order valence-corrected chi connectivity index (χ1v) is 6.40. The Labute approximate surface area is 119 Å². The molecule has 0 aromatic heterocycles. The Balaban J connectivity index is 2.10. The van der Waals surface area contributed by atoms with Crippen LogP contribution in [0.15, 0.2) is 42.5 Å². The molecule has 0 saturated carbocycles. The van der Waals surface area contributed by atoms with Gasteiger partial charge in [-0.1, -0.05) is 30.3 Å². The van der Waals surface area contributed by atoms with Crippen molar-refractivity contribution in [3.63, 3.8) is 0 Å². The van der Waals surface area contributed by atoms with Crippen molar-refractivity contribution in [2.45, 2.75) is 13.2 Å². The van der Waals surface area contributed by atoms with E-state index in [0.717, 1.165) is 11.1 Å². The van der Waals surface area contributed by atoms with Gasteiger partial charge in [0.15, 0.2) is 11.5 Å². The van der Waals surface area contributed by atoms with Gasteiger partial charge >= 0.3 is 0 Å². The molecule has 0 aliphatic carbocycles. The monoisotopic (exact) mass is 273 g/mol. The van der Waals surface area contributed by atoms with Gasteiger partial charge in [0.25, 0.3) is 0 Å². The standard InChI is InChI=1S/C16H19NO3/c1-18-14-4-3-5-15(16(14)19-2)20-11-13-8-6-12(10-17)7-9-13/h3-9H,10-11,17H2,1-2H3. The lowest BCUT2D eigenvalue weighted by Gasteiger charge is -2.13.